The average Bonchev–Trinajstić information content (AvgIpc) is 2.22. The first-order valence-electron chi connectivity index (χ1n) is 5.72. The zero-order valence-corrected chi connectivity index (χ0v) is 10.7. The second kappa shape index (κ2) is 4.07. The molecule has 0 saturated carbocycles. The van der Waals surface area contributed by atoms with Gasteiger partial charge in [0.25, 0.3) is 0 Å². The summed E-state index contributed by atoms with van der Waals surface area (Å²) in [4.78, 5) is 3.81. The van der Waals surface area contributed by atoms with Gasteiger partial charge >= 0.3 is 7.12 Å². The Bertz CT molecular complexity index is 423. The Balaban J connectivity index is 2.21. The summed E-state index contributed by atoms with van der Waals surface area (Å²) in [6, 6.07) is 1.39. The highest BCUT2D eigenvalue weighted by Crippen LogP contribution is 2.37. The van der Waals surface area contributed by atoms with Crippen LogP contribution in [0.1, 0.15) is 27.7 Å². The fourth-order valence-corrected chi connectivity index (χ4v) is 1.64. The molecule has 1 aliphatic heterocycles. The lowest BCUT2D eigenvalue weighted by molar-refractivity contribution is -0.0937. The van der Waals surface area contributed by atoms with Gasteiger partial charge in [0.15, 0.2) is 0 Å². The van der Waals surface area contributed by atoms with Gasteiger partial charge in [0.1, 0.15) is 5.82 Å². The van der Waals surface area contributed by atoms with Crippen molar-refractivity contribution in [2.45, 2.75) is 33.3 Å². The molecule has 2 rings (SSSR count). The lowest BCUT2D eigenvalue weighted by Gasteiger charge is -2.47. The van der Waals surface area contributed by atoms with Crippen molar-refractivity contribution in [3.05, 3.63) is 24.3 Å². The van der Waals surface area contributed by atoms with Crippen LogP contribution in [0.4, 0.5) is 4.39 Å². The highest BCUT2D eigenvalue weighted by atomic mass is 19.1. The fraction of sp³-hybridized carbons (Fsp3) is 0.583. The summed E-state index contributed by atoms with van der Waals surface area (Å²) in [6.07, 6.45) is 2.74. The standard InChI is InChI=1S/C12H17BFNO2/c1-11(2)8-16-13(17-12(11,3)4)9-5-10(14)7-15-6-9/h5-7H,8H2,1-4H3. The van der Waals surface area contributed by atoms with Crippen LogP contribution < -0.4 is 5.46 Å². The molecule has 1 aromatic rings. The number of nitrogens with zero attached hydrogens (tertiary/aromatic N) is 1. The highest BCUT2D eigenvalue weighted by molar-refractivity contribution is 6.61. The minimum Gasteiger partial charge on any atom is -0.407 e. The molecule has 0 aliphatic carbocycles. The van der Waals surface area contributed by atoms with Gasteiger partial charge in [-0.1, -0.05) is 13.8 Å². The molecule has 92 valence electrons. The summed E-state index contributed by atoms with van der Waals surface area (Å²) < 4.78 is 24.6. The van der Waals surface area contributed by atoms with Crippen LogP contribution in [0.25, 0.3) is 0 Å². The van der Waals surface area contributed by atoms with E-state index in [0.29, 0.717) is 12.1 Å². The molecule has 1 saturated heterocycles. The summed E-state index contributed by atoms with van der Waals surface area (Å²) in [7, 11) is -0.541. The molecule has 0 spiro atoms. The van der Waals surface area contributed by atoms with E-state index in [-0.39, 0.29) is 16.8 Å². The first-order chi connectivity index (χ1) is 7.82. The number of halogens is 1. The average molecular weight is 237 g/mol. The van der Waals surface area contributed by atoms with E-state index in [0.717, 1.165) is 0 Å². The molecule has 0 bridgehead atoms. The molecule has 17 heavy (non-hydrogen) atoms. The second-order valence-corrected chi connectivity index (χ2v) is 5.59. The Kier molecular flexibility index (Phi) is 3.00. The maximum absolute atomic E-state index is 13.1. The minimum absolute atomic E-state index is 0.0791. The van der Waals surface area contributed by atoms with Crippen LogP contribution in [-0.4, -0.2) is 24.3 Å². The molecule has 2 heterocycles. The van der Waals surface area contributed by atoms with E-state index in [4.69, 9.17) is 9.31 Å². The number of hydrogen-bond donors (Lipinski definition) is 0. The fourth-order valence-electron chi connectivity index (χ4n) is 1.64. The van der Waals surface area contributed by atoms with Crippen molar-refractivity contribution in [1.29, 1.82) is 0 Å². The monoisotopic (exact) mass is 237 g/mol. The van der Waals surface area contributed by atoms with Crippen LogP contribution in [0.5, 0.6) is 0 Å². The number of aromatic nitrogens is 1. The van der Waals surface area contributed by atoms with Gasteiger partial charge < -0.3 is 9.31 Å². The molecule has 0 N–H and O–H groups in total. The Labute approximate surface area is 101 Å². The van der Waals surface area contributed by atoms with E-state index in [1.54, 1.807) is 6.20 Å². The largest absolute Gasteiger partial charge is 0.495 e. The molecule has 1 fully saturated rings. The summed E-state index contributed by atoms with van der Waals surface area (Å²) in [5.41, 5.74) is 0.209. The maximum atomic E-state index is 13.1. The molecular weight excluding hydrogens is 220 g/mol. The SMILES string of the molecule is CC1(C)COB(c2cncc(F)c2)OC1(C)C. The van der Waals surface area contributed by atoms with Crippen molar-refractivity contribution >= 4 is 12.6 Å². The number of rotatable bonds is 1. The van der Waals surface area contributed by atoms with Crippen LogP contribution in [0, 0.1) is 11.2 Å². The third-order valence-electron chi connectivity index (χ3n) is 3.63. The van der Waals surface area contributed by atoms with Crippen LogP contribution in [0.2, 0.25) is 0 Å². The van der Waals surface area contributed by atoms with Crippen LogP contribution in [0.3, 0.4) is 0 Å². The van der Waals surface area contributed by atoms with Gasteiger partial charge in [-0.3, -0.25) is 4.98 Å². The second-order valence-electron chi connectivity index (χ2n) is 5.59. The molecule has 0 amide bonds. The predicted octanol–water partition coefficient (Wildman–Crippen LogP) is 1.77. The Hall–Kier alpha value is -0.935. The van der Waals surface area contributed by atoms with Crippen LogP contribution in [-0.2, 0) is 9.31 Å². The van der Waals surface area contributed by atoms with Gasteiger partial charge in [-0.2, -0.15) is 0 Å². The maximum Gasteiger partial charge on any atom is 0.495 e. The number of hydrogen-bond acceptors (Lipinski definition) is 3. The van der Waals surface area contributed by atoms with Crippen LogP contribution >= 0.6 is 0 Å². The van der Waals surface area contributed by atoms with Crippen molar-refractivity contribution < 1.29 is 13.7 Å². The first kappa shape index (κ1) is 12.5. The van der Waals surface area contributed by atoms with Gasteiger partial charge in [-0.15, -0.1) is 0 Å². The highest BCUT2D eigenvalue weighted by Gasteiger charge is 2.47. The summed E-state index contributed by atoms with van der Waals surface area (Å²) >= 11 is 0. The van der Waals surface area contributed by atoms with E-state index in [2.05, 4.69) is 18.8 Å². The summed E-state index contributed by atoms with van der Waals surface area (Å²) in [6.45, 7) is 8.80. The van der Waals surface area contributed by atoms with E-state index < -0.39 is 7.12 Å². The molecule has 3 nitrogen and oxygen atoms in total. The van der Waals surface area contributed by atoms with Gasteiger partial charge in [0.05, 0.1) is 11.8 Å². The Morgan fingerprint density at radius 2 is 2.00 bits per heavy atom. The van der Waals surface area contributed by atoms with Gasteiger partial charge in [-0.05, 0) is 19.9 Å². The van der Waals surface area contributed by atoms with Crippen molar-refractivity contribution in [3.8, 4) is 0 Å². The molecule has 0 aromatic carbocycles. The molecule has 1 aromatic heterocycles. The normalized spacial score (nSPS) is 22.5. The molecule has 0 radical (unpaired) electrons. The topological polar surface area (TPSA) is 31.4 Å². The van der Waals surface area contributed by atoms with Crippen LogP contribution in [0.15, 0.2) is 18.5 Å². The Morgan fingerprint density at radius 1 is 1.29 bits per heavy atom. The van der Waals surface area contributed by atoms with Crippen molar-refractivity contribution in [2.75, 3.05) is 6.61 Å². The lowest BCUT2D eigenvalue weighted by atomic mass is 9.69. The third-order valence-corrected chi connectivity index (χ3v) is 3.63. The molecular formula is C12H17BFNO2. The Morgan fingerprint density at radius 3 is 2.59 bits per heavy atom. The predicted molar refractivity (Wildman–Crippen MR) is 64.5 cm³/mol. The molecule has 1 aliphatic rings. The van der Waals surface area contributed by atoms with Crippen molar-refractivity contribution in [3.63, 3.8) is 0 Å². The lowest BCUT2D eigenvalue weighted by Crippen LogP contribution is -2.58. The van der Waals surface area contributed by atoms with E-state index in [1.165, 1.54) is 12.3 Å². The molecule has 0 atom stereocenters. The molecule has 0 unspecified atom stereocenters. The zero-order chi connectivity index (χ0) is 12.7. The quantitative estimate of drug-likeness (QED) is 0.697. The summed E-state index contributed by atoms with van der Waals surface area (Å²) in [5, 5.41) is 0. The third kappa shape index (κ3) is 2.35. The minimum atomic E-state index is -0.541. The van der Waals surface area contributed by atoms with Gasteiger partial charge in [0, 0.05) is 23.7 Å². The summed E-state index contributed by atoms with van der Waals surface area (Å²) in [5.74, 6) is -0.377. The van der Waals surface area contributed by atoms with Crippen molar-refractivity contribution in [1.82, 2.24) is 4.98 Å². The van der Waals surface area contributed by atoms with Crippen molar-refractivity contribution in [2.24, 2.45) is 5.41 Å². The smallest absolute Gasteiger partial charge is 0.407 e. The van der Waals surface area contributed by atoms with Gasteiger partial charge in [-0.25, -0.2) is 4.39 Å². The van der Waals surface area contributed by atoms with E-state index in [9.17, 15) is 4.39 Å². The first-order valence-corrected chi connectivity index (χ1v) is 5.72. The van der Waals surface area contributed by atoms with Gasteiger partial charge in [0.2, 0.25) is 0 Å². The van der Waals surface area contributed by atoms with E-state index in [1.807, 2.05) is 13.8 Å². The number of pyridine rings is 1. The zero-order valence-electron chi connectivity index (χ0n) is 10.7. The van der Waals surface area contributed by atoms with E-state index >= 15 is 0 Å². The molecule has 5 heteroatoms.